The molecule has 0 spiro atoms. The van der Waals surface area contributed by atoms with E-state index >= 15 is 0 Å². The predicted octanol–water partition coefficient (Wildman–Crippen LogP) is 15.1. The molecule has 5 fully saturated rings. The number of carbonyl (C=O) groups is 6. The number of nitrogens with one attached hydrogen (secondary N) is 1. The van der Waals surface area contributed by atoms with Gasteiger partial charge in [-0.2, -0.15) is 26.3 Å². The highest BCUT2D eigenvalue weighted by Gasteiger charge is 2.58. The number of nitrogens with zero attached hydrogens (tertiary/aromatic N) is 6. The number of thiophene rings is 2. The number of benzene rings is 2. The summed E-state index contributed by atoms with van der Waals surface area (Å²) in [5, 5.41) is 18.2. The molecule has 0 radical (unpaired) electrons. The lowest BCUT2D eigenvalue weighted by atomic mass is 9.78. The number of aromatic nitrogens is 2. The minimum absolute atomic E-state index is 0. The number of carbonyl (C=O) groups excluding carboxylic acids is 6. The monoisotopic (exact) mass is 1520 g/mol. The van der Waals surface area contributed by atoms with Gasteiger partial charge in [-0.1, -0.05) is 64.4 Å². The van der Waals surface area contributed by atoms with Gasteiger partial charge in [0.15, 0.2) is 0 Å². The Bertz CT molecular complexity index is 3650. The minimum Gasteiger partial charge on any atom is -0.474 e. The summed E-state index contributed by atoms with van der Waals surface area (Å²) in [5.74, 6) is -0.992. The van der Waals surface area contributed by atoms with Gasteiger partial charge in [0.2, 0.25) is 11.2 Å². The molecule has 11 rings (SSSR count). The van der Waals surface area contributed by atoms with Crippen molar-refractivity contribution in [2.75, 3.05) is 52.4 Å². The largest absolute Gasteiger partial charge is 0.474 e. The maximum Gasteiger partial charge on any atom is 0.418 e. The summed E-state index contributed by atoms with van der Waals surface area (Å²) in [6.45, 7) is 10.7. The molecule has 4 atom stereocenters. The van der Waals surface area contributed by atoms with Gasteiger partial charge in [0.05, 0.1) is 28.8 Å². The van der Waals surface area contributed by atoms with Crippen molar-refractivity contribution in [2.24, 2.45) is 0 Å². The van der Waals surface area contributed by atoms with E-state index in [1.54, 1.807) is 20.6 Å². The van der Waals surface area contributed by atoms with E-state index in [-0.39, 0.29) is 109 Å². The summed E-state index contributed by atoms with van der Waals surface area (Å²) in [4.78, 5) is 95.9. The van der Waals surface area contributed by atoms with Crippen molar-refractivity contribution in [3.8, 4) is 11.5 Å². The average molecular weight is 1530 g/mol. The molecule has 6 aromatic rings. The first-order valence-corrected chi connectivity index (χ1v) is 35.5. The van der Waals surface area contributed by atoms with E-state index in [0.717, 1.165) is 75.5 Å². The molecule has 5 aliphatic rings. The van der Waals surface area contributed by atoms with Crippen LogP contribution in [0.2, 0.25) is 0 Å². The van der Waals surface area contributed by atoms with E-state index in [9.17, 15) is 60.2 Å². The van der Waals surface area contributed by atoms with Crippen LogP contribution in [0.25, 0.3) is 0 Å². The van der Waals surface area contributed by atoms with E-state index in [4.69, 9.17) is 9.47 Å². The molecular weight excluding hydrogens is 1440 g/mol. The zero-order valence-corrected chi connectivity index (χ0v) is 60.1. The van der Waals surface area contributed by atoms with E-state index in [1.807, 2.05) is 88.4 Å². The smallest absolute Gasteiger partial charge is 0.418 e. The van der Waals surface area contributed by atoms with E-state index in [1.165, 1.54) is 38.7 Å². The lowest BCUT2D eigenvalue weighted by Gasteiger charge is -2.51. The van der Waals surface area contributed by atoms with Gasteiger partial charge in [-0.05, 0) is 128 Å². The first kappa shape index (κ1) is 80.9. The number of ether oxygens (including phenoxy) is 2. The summed E-state index contributed by atoms with van der Waals surface area (Å²) >= 11 is 14.9. The number of pyridine rings is 2. The Labute approximate surface area is 602 Å². The molecule has 0 aliphatic carbocycles. The molecule has 2 aromatic carbocycles. The van der Waals surface area contributed by atoms with Gasteiger partial charge in [0.1, 0.15) is 34.5 Å². The summed E-state index contributed by atoms with van der Waals surface area (Å²) in [7, 11) is 0. The highest BCUT2D eigenvalue weighted by atomic mass is 79.9. The molecule has 9 heterocycles. The van der Waals surface area contributed by atoms with Gasteiger partial charge < -0.3 is 39.5 Å². The lowest BCUT2D eigenvalue weighted by Crippen LogP contribution is -2.68. The summed E-state index contributed by atoms with van der Waals surface area (Å²) in [5.41, 5.74) is -7.11. The highest BCUT2D eigenvalue weighted by Crippen LogP contribution is 2.45. The quantitative estimate of drug-likeness (QED) is 0.0633. The molecule has 5 aliphatic heterocycles. The zero-order valence-electron chi connectivity index (χ0n) is 54.3. The third-order valence-corrected chi connectivity index (χ3v) is 21.1. The normalized spacial score (nSPS) is 20.9. The van der Waals surface area contributed by atoms with Crippen LogP contribution in [0, 0.1) is 13.8 Å². The molecule has 5 saturated heterocycles. The van der Waals surface area contributed by atoms with E-state index < -0.39 is 75.6 Å². The predicted molar refractivity (Wildman–Crippen MR) is 378 cm³/mol. The molecule has 0 saturated carbocycles. The van der Waals surface area contributed by atoms with Crippen LogP contribution in [0.1, 0.15) is 159 Å². The second kappa shape index (κ2) is 36.0. The van der Waals surface area contributed by atoms with Crippen LogP contribution in [0.15, 0.2) is 122 Å². The number of hydrogen-bond donors (Lipinski definition) is 4. The second-order valence-electron chi connectivity index (χ2n) is 24.3. The van der Waals surface area contributed by atoms with Gasteiger partial charge in [0.25, 0.3) is 23.6 Å². The first-order valence-electron chi connectivity index (χ1n) is 32.1. The third kappa shape index (κ3) is 19.7. The van der Waals surface area contributed by atoms with Crippen LogP contribution in [0.5, 0.6) is 11.5 Å². The van der Waals surface area contributed by atoms with Crippen molar-refractivity contribution in [1.82, 2.24) is 34.9 Å². The number of alkyl halides is 6. The number of piperidine rings is 5. The number of likely N-dealkylation sites (tertiary alicyclic amines) is 4. The summed E-state index contributed by atoms with van der Waals surface area (Å²) < 4.78 is 97.2. The molecule has 2 N–H and O–H groups in total. The fourth-order valence-corrected chi connectivity index (χ4v) is 14.9. The topological polar surface area (TPSA) is 192 Å². The van der Waals surface area contributed by atoms with Crippen molar-refractivity contribution >= 4 is 111 Å². The number of ketones is 2. The Morgan fingerprint density at radius 2 is 1.04 bits per heavy atom. The first-order chi connectivity index (χ1) is 45.7. The summed E-state index contributed by atoms with van der Waals surface area (Å²) in [6.07, 6.45) is -1.60. The fourth-order valence-electron chi connectivity index (χ4n) is 12.9. The second-order valence-corrected chi connectivity index (χ2v) is 28.3. The van der Waals surface area contributed by atoms with Crippen LogP contribution in [0.4, 0.5) is 26.3 Å². The highest BCUT2D eigenvalue weighted by molar-refractivity contribution is 9.10. The standard InChI is InChI=1S/C32H36F3N3O4S2.C26H30F3N3O4S.C6H5BrS.C5H9NO.CH4.ClH/c1-3-8-26-31(42-22-19-21(2)44-20-22,12-7-16-38(26)28(39)27-24(32(33,34)35)10-6-15-36-27)29(40)37-17-13-30(41,14-18-37)23-9-4-5-11-25(23)43;1-3-6-21-25(36-19-15-17(2)37-16-19,24(35)31-13-8-18(33)9-14-31)10-5-12-32(21)23(34)22-20(26(27,28)29)7-4-11-30-22;7-5-3-1-2-4-6(5)8;7-5-1-3-6-4-2-5;;/h4-6,9-11,15,19-20,26,41,43H,3,7-8,12-14,16-18H2,1-2H3;4,7,11,15-16,21H,3,5-6,8-10,12-14H2,1-2H3;1-4,8H;6H,1-4H2;1H4;1H/t26-,31+;21-,25+;;;;/m11..../s1. The number of aliphatic hydroxyl groups is 1. The minimum atomic E-state index is -4.77. The SMILES string of the molecule is C.CCC[C@H]1N(C(=O)c2ncccc2C(F)(F)F)CCC[C@@]1(Oc1csc(C)c1)C(=O)N1CCC(=O)CC1.CCC[C@H]1N(C(=O)c2ncccc2C(F)(F)F)CCC[C@@]1(Oc1csc(C)c1)C(=O)N1CCC(O)(c2ccccc2S)CC1.Cl.O=C1CCNCC1.Sc1ccccc1Br. The number of rotatable bonds is 13. The molecule has 0 bridgehead atoms. The van der Waals surface area contributed by atoms with Crippen molar-refractivity contribution < 1.29 is 69.7 Å². The van der Waals surface area contributed by atoms with Gasteiger partial charge in [-0.15, -0.1) is 60.3 Å². The van der Waals surface area contributed by atoms with Gasteiger partial charge in [0, 0.05) is 138 Å². The van der Waals surface area contributed by atoms with Crippen molar-refractivity contribution in [1.29, 1.82) is 0 Å². The Kier molecular flexibility index (Phi) is 29.7. The molecule has 98 heavy (non-hydrogen) atoms. The van der Waals surface area contributed by atoms with Gasteiger partial charge >= 0.3 is 12.4 Å². The van der Waals surface area contributed by atoms with Crippen molar-refractivity contribution in [3.05, 3.63) is 150 Å². The van der Waals surface area contributed by atoms with Crippen LogP contribution in [-0.2, 0) is 37.1 Å². The molecular formula is C70H85BrClF6N7O9S4. The number of hydrogen-bond acceptors (Lipinski definition) is 16. The number of aryl methyl sites for hydroxylation is 2. The van der Waals surface area contributed by atoms with Crippen LogP contribution in [-0.4, -0.2) is 146 Å². The molecule has 4 aromatic heterocycles. The molecule has 4 amide bonds. The maximum absolute atomic E-state index is 14.7. The Balaban J connectivity index is 0.000000252. The Morgan fingerprint density at radius 1 is 0.622 bits per heavy atom. The maximum atomic E-state index is 14.7. The number of thiol groups is 2. The molecule has 16 nitrogen and oxygen atoms in total. The van der Waals surface area contributed by atoms with Crippen molar-refractivity contribution in [2.45, 2.75) is 176 Å². The lowest BCUT2D eigenvalue weighted by molar-refractivity contribution is -0.163. The number of amides is 4. The molecule has 534 valence electrons. The average Bonchev–Trinajstić information content (AvgIpc) is 0.904. The third-order valence-electron chi connectivity index (χ3n) is 17.6. The number of Topliss-reactive ketones (excluding diaryl/α,β-unsaturated/α-hetero) is 2. The Morgan fingerprint density at radius 3 is 1.41 bits per heavy atom. The van der Waals surface area contributed by atoms with E-state index in [2.05, 4.69) is 56.5 Å². The molecule has 0 unspecified atom stereocenters. The zero-order chi connectivity index (χ0) is 69.6. The molecule has 28 heteroatoms. The van der Waals surface area contributed by atoms with E-state index in [0.29, 0.717) is 72.7 Å². The fraction of sp³-hybridized carbons (Fsp3) is 0.486. The van der Waals surface area contributed by atoms with Crippen LogP contribution < -0.4 is 14.8 Å². The number of halogens is 8. The van der Waals surface area contributed by atoms with Gasteiger partial charge in [-0.25, -0.2) is 0 Å². The van der Waals surface area contributed by atoms with Crippen LogP contribution >= 0.6 is 76.3 Å². The Hall–Kier alpha value is -6.07. The summed E-state index contributed by atoms with van der Waals surface area (Å²) in [6, 6.07) is 21.1. The van der Waals surface area contributed by atoms with Gasteiger partial charge in [-0.3, -0.25) is 38.7 Å². The van der Waals surface area contributed by atoms with Crippen molar-refractivity contribution in [3.63, 3.8) is 0 Å². The van der Waals surface area contributed by atoms with Crippen LogP contribution in [0.3, 0.4) is 0 Å².